The molecule has 0 spiro atoms. The van der Waals surface area contributed by atoms with Crippen molar-refractivity contribution in [3.8, 4) is 5.69 Å². The number of nitrogens with zero attached hydrogens (tertiary/aromatic N) is 1. The number of esters is 1. The van der Waals surface area contributed by atoms with Crippen LogP contribution in [-0.4, -0.2) is 16.1 Å². The molecule has 0 radical (unpaired) electrons. The van der Waals surface area contributed by atoms with Gasteiger partial charge in [-0.3, -0.25) is 0 Å². The van der Waals surface area contributed by atoms with Crippen molar-refractivity contribution in [1.29, 1.82) is 0 Å². The van der Waals surface area contributed by atoms with E-state index in [0.717, 1.165) is 15.7 Å². The number of carbonyl (C=O) groups excluding carboxylic acids is 1. The number of hydrogen-bond donors (Lipinski definition) is 0. The average Bonchev–Trinajstić information content (AvgIpc) is 3.17. The number of ether oxygens (including phenoxy) is 2. The number of halogens is 1. The minimum absolute atomic E-state index is 0.308. The molecule has 0 fully saturated rings. The Morgan fingerprint density at radius 3 is 2.54 bits per heavy atom. The van der Waals surface area contributed by atoms with Crippen LogP contribution < -0.4 is 0 Å². The van der Waals surface area contributed by atoms with Crippen LogP contribution in [0.25, 0.3) is 16.6 Å². The van der Waals surface area contributed by atoms with Gasteiger partial charge in [-0.25, -0.2) is 4.79 Å². The van der Waals surface area contributed by atoms with Crippen molar-refractivity contribution >= 4 is 32.8 Å². The fraction of sp³-hybridized carbons (Fsp3) is 0.286. The first-order valence-electron chi connectivity index (χ1n) is 8.56. The van der Waals surface area contributed by atoms with E-state index in [-0.39, 0.29) is 5.97 Å². The highest BCUT2D eigenvalue weighted by molar-refractivity contribution is 9.10. The predicted molar refractivity (Wildman–Crippen MR) is 105 cm³/mol. The molecule has 3 aromatic rings. The third-order valence-electron chi connectivity index (χ3n) is 4.41. The Kier molecular flexibility index (Phi) is 4.16. The van der Waals surface area contributed by atoms with Gasteiger partial charge in [0.1, 0.15) is 5.60 Å². The molecule has 0 atom stereocenters. The SMILES string of the molecule is CC(C)(C)OC(=O)c1ccc(-n2cc(Br)c3c4c(ccc32)COC4)cc1. The van der Waals surface area contributed by atoms with Crippen molar-refractivity contribution in [3.05, 3.63) is 63.8 Å². The molecular formula is C21H20BrNO3. The highest BCUT2D eigenvalue weighted by Crippen LogP contribution is 2.36. The quantitative estimate of drug-likeness (QED) is 0.529. The number of benzene rings is 2. The normalized spacial score (nSPS) is 13.8. The van der Waals surface area contributed by atoms with Crippen molar-refractivity contribution in [2.75, 3.05) is 0 Å². The lowest BCUT2D eigenvalue weighted by Crippen LogP contribution is -2.23. The van der Waals surface area contributed by atoms with Crippen molar-refractivity contribution < 1.29 is 14.3 Å². The van der Waals surface area contributed by atoms with Gasteiger partial charge in [-0.2, -0.15) is 0 Å². The average molecular weight is 414 g/mol. The van der Waals surface area contributed by atoms with E-state index in [0.29, 0.717) is 18.8 Å². The van der Waals surface area contributed by atoms with E-state index in [2.05, 4.69) is 38.8 Å². The minimum atomic E-state index is -0.500. The Morgan fingerprint density at radius 1 is 1.12 bits per heavy atom. The van der Waals surface area contributed by atoms with E-state index in [1.54, 1.807) is 12.1 Å². The summed E-state index contributed by atoms with van der Waals surface area (Å²) in [5.41, 5.74) is 4.65. The van der Waals surface area contributed by atoms with Gasteiger partial charge >= 0.3 is 5.97 Å². The fourth-order valence-corrected chi connectivity index (χ4v) is 3.91. The summed E-state index contributed by atoms with van der Waals surface area (Å²) in [7, 11) is 0. The lowest BCUT2D eigenvalue weighted by molar-refractivity contribution is 0.00695. The van der Waals surface area contributed by atoms with Crippen molar-refractivity contribution in [2.24, 2.45) is 0 Å². The molecule has 134 valence electrons. The van der Waals surface area contributed by atoms with E-state index in [1.807, 2.05) is 32.9 Å². The summed E-state index contributed by atoms with van der Waals surface area (Å²) in [6.07, 6.45) is 2.06. The van der Waals surface area contributed by atoms with Crippen LogP contribution in [0.5, 0.6) is 0 Å². The Bertz CT molecular complexity index is 997. The molecule has 1 aliphatic rings. The molecule has 0 unspecified atom stereocenters. The molecule has 2 heterocycles. The number of carbonyl (C=O) groups is 1. The molecule has 4 rings (SSSR count). The highest BCUT2D eigenvalue weighted by Gasteiger charge is 2.20. The van der Waals surface area contributed by atoms with E-state index >= 15 is 0 Å². The maximum atomic E-state index is 12.2. The van der Waals surface area contributed by atoms with Crippen molar-refractivity contribution in [2.45, 2.75) is 39.6 Å². The zero-order chi connectivity index (χ0) is 18.5. The van der Waals surface area contributed by atoms with Crippen molar-refractivity contribution in [1.82, 2.24) is 4.57 Å². The highest BCUT2D eigenvalue weighted by atomic mass is 79.9. The number of aromatic nitrogens is 1. The summed E-state index contributed by atoms with van der Waals surface area (Å²) in [6.45, 7) is 6.92. The summed E-state index contributed by atoms with van der Waals surface area (Å²) >= 11 is 3.69. The molecule has 2 aromatic carbocycles. The lowest BCUT2D eigenvalue weighted by atomic mass is 10.1. The summed E-state index contributed by atoms with van der Waals surface area (Å²) in [5.74, 6) is -0.308. The van der Waals surface area contributed by atoms with Crippen LogP contribution in [0.1, 0.15) is 42.3 Å². The first-order valence-corrected chi connectivity index (χ1v) is 9.35. The second kappa shape index (κ2) is 6.25. The second-order valence-electron chi connectivity index (χ2n) is 7.49. The first-order chi connectivity index (χ1) is 12.3. The number of rotatable bonds is 2. The summed E-state index contributed by atoms with van der Waals surface area (Å²) in [5, 5.41) is 1.19. The lowest BCUT2D eigenvalue weighted by Gasteiger charge is -2.19. The van der Waals surface area contributed by atoms with Gasteiger partial charge in [0, 0.05) is 21.7 Å². The van der Waals surface area contributed by atoms with Crippen LogP contribution in [0.4, 0.5) is 0 Å². The monoisotopic (exact) mass is 413 g/mol. The Hall–Kier alpha value is -2.11. The molecule has 0 amide bonds. The molecule has 1 aromatic heterocycles. The van der Waals surface area contributed by atoms with Gasteiger partial charge in [-0.15, -0.1) is 0 Å². The number of fused-ring (bicyclic) bond motifs is 3. The molecule has 26 heavy (non-hydrogen) atoms. The summed E-state index contributed by atoms with van der Waals surface area (Å²) in [6, 6.07) is 11.7. The third-order valence-corrected chi connectivity index (χ3v) is 5.01. The molecule has 0 saturated heterocycles. The zero-order valence-corrected chi connectivity index (χ0v) is 16.6. The van der Waals surface area contributed by atoms with Gasteiger partial charge in [0.25, 0.3) is 0 Å². The van der Waals surface area contributed by atoms with Crippen LogP contribution in [0, 0.1) is 0 Å². The Labute approximate surface area is 160 Å². The summed E-state index contributed by atoms with van der Waals surface area (Å²) in [4.78, 5) is 12.2. The third kappa shape index (κ3) is 3.06. The van der Waals surface area contributed by atoms with Gasteiger partial charge in [0.05, 0.1) is 24.3 Å². The largest absolute Gasteiger partial charge is 0.456 e. The van der Waals surface area contributed by atoms with Gasteiger partial charge in [0.2, 0.25) is 0 Å². The molecule has 0 bridgehead atoms. The minimum Gasteiger partial charge on any atom is -0.456 e. The van der Waals surface area contributed by atoms with Crippen LogP contribution in [0.3, 0.4) is 0 Å². The van der Waals surface area contributed by atoms with Gasteiger partial charge < -0.3 is 14.0 Å². The number of hydrogen-bond acceptors (Lipinski definition) is 3. The van der Waals surface area contributed by atoms with E-state index < -0.39 is 5.60 Å². The first kappa shape index (κ1) is 17.3. The molecule has 4 nitrogen and oxygen atoms in total. The maximum absolute atomic E-state index is 12.2. The van der Waals surface area contributed by atoms with Gasteiger partial charge in [-0.05, 0) is 78.2 Å². The van der Waals surface area contributed by atoms with Crippen LogP contribution >= 0.6 is 15.9 Å². The van der Waals surface area contributed by atoms with Crippen molar-refractivity contribution in [3.63, 3.8) is 0 Å². The van der Waals surface area contributed by atoms with E-state index in [1.165, 1.54) is 16.5 Å². The topological polar surface area (TPSA) is 40.5 Å². The molecular weight excluding hydrogens is 394 g/mol. The summed E-state index contributed by atoms with van der Waals surface area (Å²) < 4.78 is 14.2. The van der Waals surface area contributed by atoms with Crippen LogP contribution in [0.15, 0.2) is 47.1 Å². The Balaban J connectivity index is 1.72. The van der Waals surface area contributed by atoms with Crippen LogP contribution in [0.2, 0.25) is 0 Å². The molecule has 5 heteroatoms. The smallest absolute Gasteiger partial charge is 0.338 e. The Morgan fingerprint density at radius 2 is 1.85 bits per heavy atom. The van der Waals surface area contributed by atoms with Gasteiger partial charge in [0.15, 0.2) is 0 Å². The molecule has 1 aliphatic heterocycles. The van der Waals surface area contributed by atoms with E-state index in [4.69, 9.17) is 9.47 Å². The van der Waals surface area contributed by atoms with Gasteiger partial charge in [-0.1, -0.05) is 6.07 Å². The standard InChI is InChI=1S/C21H20BrNO3/c1-21(2,3)26-20(24)13-4-7-15(8-5-13)23-10-17(22)19-16-12-25-11-14(16)6-9-18(19)23/h4-10H,11-12H2,1-3H3. The second-order valence-corrected chi connectivity index (χ2v) is 8.34. The fourth-order valence-electron chi connectivity index (χ4n) is 3.27. The molecule has 0 saturated carbocycles. The maximum Gasteiger partial charge on any atom is 0.338 e. The van der Waals surface area contributed by atoms with E-state index in [9.17, 15) is 4.79 Å². The zero-order valence-electron chi connectivity index (χ0n) is 15.0. The molecule has 0 N–H and O–H groups in total. The molecule has 0 aliphatic carbocycles. The van der Waals surface area contributed by atoms with Crippen LogP contribution in [-0.2, 0) is 22.7 Å². The predicted octanol–water partition coefficient (Wildman–Crippen LogP) is 5.38.